The van der Waals surface area contributed by atoms with Crippen LogP contribution in [0.3, 0.4) is 0 Å². The van der Waals surface area contributed by atoms with Gasteiger partial charge in [-0.05, 0) is 68.8 Å². The molecule has 1 aromatic rings. The number of amides is 2. The van der Waals surface area contributed by atoms with Crippen LogP contribution in [0.2, 0.25) is 0 Å². The lowest BCUT2D eigenvalue weighted by Gasteiger charge is -2.25. The minimum Gasteiger partial charge on any atom is -0.481 e. The monoisotopic (exact) mass is 387 g/mol. The molecule has 0 radical (unpaired) electrons. The van der Waals surface area contributed by atoms with E-state index in [1.165, 1.54) is 12.8 Å². The molecule has 1 aromatic carbocycles. The number of nitrogens with zero attached hydrogens (tertiary/aromatic N) is 2. The van der Waals surface area contributed by atoms with E-state index >= 15 is 0 Å². The van der Waals surface area contributed by atoms with Gasteiger partial charge in [0.1, 0.15) is 0 Å². The van der Waals surface area contributed by atoms with Crippen molar-refractivity contribution in [2.75, 3.05) is 37.6 Å². The molecule has 2 aliphatic heterocycles. The summed E-state index contributed by atoms with van der Waals surface area (Å²) in [5.41, 5.74) is 1.92. The molecular weight excluding hydrogens is 354 g/mol. The third-order valence-electron chi connectivity index (χ3n) is 6.08. The molecule has 154 valence electrons. The van der Waals surface area contributed by atoms with Gasteiger partial charge in [-0.2, -0.15) is 0 Å². The second kappa shape index (κ2) is 9.92. The number of aliphatic carboxylic acids is 1. The molecule has 2 aliphatic rings. The van der Waals surface area contributed by atoms with E-state index < -0.39 is 5.97 Å². The number of piperidine rings is 1. The number of hydrogen-bond acceptors (Lipinski definition) is 3. The van der Waals surface area contributed by atoms with E-state index in [-0.39, 0.29) is 11.9 Å². The van der Waals surface area contributed by atoms with Gasteiger partial charge in [0.05, 0.1) is 5.92 Å². The molecule has 6 heteroatoms. The molecule has 0 saturated carbocycles. The van der Waals surface area contributed by atoms with Crippen molar-refractivity contribution in [1.82, 2.24) is 10.2 Å². The van der Waals surface area contributed by atoms with Crippen LogP contribution >= 0.6 is 0 Å². The van der Waals surface area contributed by atoms with Crippen molar-refractivity contribution in [2.24, 2.45) is 11.8 Å². The Kier molecular flexibility index (Phi) is 7.31. The number of hydrogen-bond donors (Lipinski definition) is 2. The molecule has 1 atom stereocenters. The molecule has 2 fully saturated rings. The van der Waals surface area contributed by atoms with Crippen LogP contribution in [0.5, 0.6) is 0 Å². The Morgan fingerprint density at radius 3 is 2.57 bits per heavy atom. The fourth-order valence-corrected chi connectivity index (χ4v) is 4.30. The fourth-order valence-electron chi connectivity index (χ4n) is 4.30. The third-order valence-corrected chi connectivity index (χ3v) is 6.08. The zero-order valence-corrected chi connectivity index (χ0v) is 16.9. The highest BCUT2D eigenvalue weighted by Crippen LogP contribution is 2.24. The maximum absolute atomic E-state index is 12.8. The predicted molar refractivity (Wildman–Crippen MR) is 111 cm³/mol. The number of nitrogens with one attached hydrogen (secondary N) is 1. The van der Waals surface area contributed by atoms with E-state index in [4.69, 9.17) is 0 Å². The van der Waals surface area contributed by atoms with Gasteiger partial charge in [0.2, 0.25) is 0 Å². The number of rotatable bonds is 9. The molecule has 0 bridgehead atoms. The van der Waals surface area contributed by atoms with Crippen molar-refractivity contribution >= 4 is 17.7 Å². The summed E-state index contributed by atoms with van der Waals surface area (Å²) in [7, 11) is 0. The summed E-state index contributed by atoms with van der Waals surface area (Å²) in [6, 6.07) is 7.93. The Hall–Kier alpha value is -2.08. The smallest absolute Gasteiger partial charge is 0.324 e. The molecule has 2 N–H and O–H groups in total. The van der Waals surface area contributed by atoms with Crippen LogP contribution in [0.25, 0.3) is 0 Å². The second-order valence-electron chi connectivity index (χ2n) is 8.10. The van der Waals surface area contributed by atoms with Gasteiger partial charge in [-0.3, -0.25) is 9.69 Å². The minimum absolute atomic E-state index is 0.0936. The van der Waals surface area contributed by atoms with Crippen molar-refractivity contribution in [3.8, 4) is 0 Å². The number of carbonyl (C=O) groups is 2. The fraction of sp³-hybridized carbons (Fsp3) is 0.636. The van der Waals surface area contributed by atoms with Crippen molar-refractivity contribution in [1.29, 1.82) is 0 Å². The van der Waals surface area contributed by atoms with Gasteiger partial charge in [0, 0.05) is 25.3 Å². The van der Waals surface area contributed by atoms with Crippen LogP contribution in [0.1, 0.15) is 44.6 Å². The molecule has 2 amide bonds. The maximum Gasteiger partial charge on any atom is 0.324 e. The van der Waals surface area contributed by atoms with Crippen LogP contribution in [0.4, 0.5) is 10.5 Å². The molecule has 2 heterocycles. The average molecular weight is 388 g/mol. The van der Waals surface area contributed by atoms with Gasteiger partial charge in [-0.15, -0.1) is 0 Å². The molecular formula is C22H33N3O3. The number of carbonyl (C=O) groups excluding carboxylic acids is 1. The van der Waals surface area contributed by atoms with Gasteiger partial charge in [-0.25, -0.2) is 4.79 Å². The lowest BCUT2D eigenvalue weighted by Crippen LogP contribution is -2.34. The van der Waals surface area contributed by atoms with Gasteiger partial charge in [0.25, 0.3) is 0 Å². The van der Waals surface area contributed by atoms with E-state index in [1.807, 2.05) is 41.0 Å². The van der Waals surface area contributed by atoms with E-state index in [2.05, 4.69) is 5.32 Å². The quantitative estimate of drug-likeness (QED) is 0.681. The molecule has 28 heavy (non-hydrogen) atoms. The Labute approximate surface area is 167 Å². The minimum atomic E-state index is -0.731. The SMILES string of the molecule is CCCC(Cc1ccc(N2CCN(CCC3CCNCC3)C2=O)cc1)C(=O)O. The van der Waals surface area contributed by atoms with Crippen molar-refractivity contribution in [3.63, 3.8) is 0 Å². The normalized spacial score (nSPS) is 19.2. The van der Waals surface area contributed by atoms with Gasteiger partial charge in [0.15, 0.2) is 0 Å². The van der Waals surface area contributed by atoms with Crippen molar-refractivity contribution in [2.45, 2.75) is 45.4 Å². The molecule has 1 unspecified atom stereocenters. The summed E-state index contributed by atoms with van der Waals surface area (Å²) in [6.07, 6.45) is 5.61. The van der Waals surface area contributed by atoms with Crippen molar-refractivity contribution < 1.29 is 14.7 Å². The lowest BCUT2D eigenvalue weighted by molar-refractivity contribution is -0.141. The van der Waals surface area contributed by atoms with Crippen LogP contribution in [-0.2, 0) is 11.2 Å². The number of carboxylic acid groups (broad SMARTS) is 1. The molecule has 0 aliphatic carbocycles. The first-order valence-electron chi connectivity index (χ1n) is 10.7. The first-order chi connectivity index (χ1) is 13.6. The molecule has 6 nitrogen and oxygen atoms in total. The highest BCUT2D eigenvalue weighted by Gasteiger charge is 2.30. The summed E-state index contributed by atoms with van der Waals surface area (Å²) in [5, 5.41) is 12.7. The Bertz CT molecular complexity index is 655. The van der Waals surface area contributed by atoms with E-state index in [1.54, 1.807) is 0 Å². The average Bonchev–Trinajstić information content (AvgIpc) is 3.08. The van der Waals surface area contributed by atoms with Crippen LogP contribution in [-0.4, -0.2) is 54.7 Å². The van der Waals surface area contributed by atoms with Gasteiger partial charge < -0.3 is 15.3 Å². The Balaban J connectivity index is 1.53. The molecule has 3 rings (SSSR count). The van der Waals surface area contributed by atoms with E-state index in [0.717, 1.165) is 62.7 Å². The van der Waals surface area contributed by atoms with E-state index in [0.29, 0.717) is 12.8 Å². The summed E-state index contributed by atoms with van der Waals surface area (Å²) in [4.78, 5) is 28.0. The number of urea groups is 1. The lowest BCUT2D eigenvalue weighted by atomic mass is 9.94. The van der Waals surface area contributed by atoms with Gasteiger partial charge in [-0.1, -0.05) is 25.5 Å². The van der Waals surface area contributed by atoms with E-state index in [9.17, 15) is 14.7 Å². The largest absolute Gasteiger partial charge is 0.481 e. The van der Waals surface area contributed by atoms with Gasteiger partial charge >= 0.3 is 12.0 Å². The Morgan fingerprint density at radius 1 is 1.21 bits per heavy atom. The highest BCUT2D eigenvalue weighted by atomic mass is 16.4. The first-order valence-corrected chi connectivity index (χ1v) is 10.7. The topological polar surface area (TPSA) is 72.9 Å². The summed E-state index contributed by atoms with van der Waals surface area (Å²) in [6.45, 7) is 6.54. The third kappa shape index (κ3) is 5.25. The summed E-state index contributed by atoms with van der Waals surface area (Å²) in [5.74, 6) is -0.340. The number of anilines is 1. The first kappa shape index (κ1) is 20.6. The van der Waals surface area contributed by atoms with Crippen LogP contribution in [0.15, 0.2) is 24.3 Å². The molecule has 0 aromatic heterocycles. The summed E-state index contributed by atoms with van der Waals surface area (Å²) < 4.78 is 0. The number of benzene rings is 1. The Morgan fingerprint density at radius 2 is 1.93 bits per heavy atom. The maximum atomic E-state index is 12.8. The van der Waals surface area contributed by atoms with Crippen molar-refractivity contribution in [3.05, 3.63) is 29.8 Å². The number of carboxylic acids is 1. The molecule has 2 saturated heterocycles. The second-order valence-corrected chi connectivity index (χ2v) is 8.10. The zero-order valence-electron chi connectivity index (χ0n) is 16.9. The summed E-state index contributed by atoms with van der Waals surface area (Å²) >= 11 is 0. The van der Waals surface area contributed by atoms with Crippen LogP contribution in [0, 0.1) is 11.8 Å². The molecule has 0 spiro atoms. The standard InChI is InChI=1S/C22H33N3O3/c1-2-3-19(21(26)27)16-18-4-6-20(7-5-18)25-15-14-24(22(25)28)13-10-17-8-11-23-12-9-17/h4-7,17,19,23H,2-3,8-16H2,1H3,(H,26,27). The van der Waals surface area contributed by atoms with Crippen LogP contribution < -0.4 is 10.2 Å². The predicted octanol–water partition coefficient (Wildman–Crippen LogP) is 3.36. The zero-order chi connectivity index (χ0) is 19.9. The highest BCUT2D eigenvalue weighted by molar-refractivity contribution is 5.94.